The van der Waals surface area contributed by atoms with Gasteiger partial charge < -0.3 is 5.32 Å². The molecule has 0 aliphatic rings. The van der Waals surface area contributed by atoms with E-state index in [0.717, 1.165) is 0 Å². The highest BCUT2D eigenvalue weighted by Crippen LogP contribution is 2.30. The molecule has 0 saturated heterocycles. The van der Waals surface area contributed by atoms with Crippen molar-refractivity contribution in [3.8, 4) is 6.07 Å². The highest BCUT2D eigenvalue weighted by Gasteiger charge is 2.13. The van der Waals surface area contributed by atoms with E-state index in [1.54, 1.807) is 18.2 Å². The second-order valence-corrected chi connectivity index (χ2v) is 4.38. The van der Waals surface area contributed by atoms with E-state index in [2.05, 4.69) is 11.4 Å². The molecular formula is C11H12Cl2N2. The van der Waals surface area contributed by atoms with Crippen LogP contribution in [-0.4, -0.2) is 6.04 Å². The lowest BCUT2D eigenvalue weighted by Crippen LogP contribution is -2.23. The fraction of sp³-hybridized carbons (Fsp3) is 0.364. The van der Waals surface area contributed by atoms with Gasteiger partial charge in [0.1, 0.15) is 6.04 Å². The Hall–Kier alpha value is -0.910. The SMILES string of the molecule is CC(C)C(C#N)Nc1cccc(Cl)c1Cl. The molecule has 0 heterocycles. The molecule has 80 valence electrons. The molecule has 0 fully saturated rings. The van der Waals surface area contributed by atoms with Gasteiger partial charge in [0.2, 0.25) is 0 Å². The number of halogens is 2. The normalized spacial score (nSPS) is 12.3. The fourth-order valence-electron chi connectivity index (χ4n) is 1.13. The Morgan fingerprint density at radius 2 is 2.00 bits per heavy atom. The minimum absolute atomic E-state index is 0.213. The van der Waals surface area contributed by atoms with Gasteiger partial charge >= 0.3 is 0 Å². The quantitative estimate of drug-likeness (QED) is 0.872. The molecule has 0 aliphatic heterocycles. The molecule has 1 rings (SSSR count). The van der Waals surface area contributed by atoms with Gasteiger partial charge in [-0.2, -0.15) is 5.26 Å². The number of nitriles is 1. The molecule has 0 bridgehead atoms. The zero-order chi connectivity index (χ0) is 11.4. The lowest BCUT2D eigenvalue weighted by atomic mass is 10.1. The Kier molecular flexibility index (Phi) is 4.26. The van der Waals surface area contributed by atoms with Crippen LogP contribution in [0.15, 0.2) is 18.2 Å². The fourth-order valence-corrected chi connectivity index (χ4v) is 1.49. The first-order valence-electron chi connectivity index (χ1n) is 4.66. The van der Waals surface area contributed by atoms with E-state index in [4.69, 9.17) is 28.5 Å². The van der Waals surface area contributed by atoms with Gasteiger partial charge in [-0.25, -0.2) is 0 Å². The number of anilines is 1. The van der Waals surface area contributed by atoms with Crippen LogP contribution >= 0.6 is 23.2 Å². The molecule has 1 N–H and O–H groups in total. The van der Waals surface area contributed by atoms with Crippen molar-refractivity contribution in [2.75, 3.05) is 5.32 Å². The summed E-state index contributed by atoms with van der Waals surface area (Å²) in [6, 6.07) is 7.24. The molecule has 1 unspecified atom stereocenters. The van der Waals surface area contributed by atoms with Crippen molar-refractivity contribution in [2.45, 2.75) is 19.9 Å². The number of nitrogens with one attached hydrogen (secondary N) is 1. The van der Waals surface area contributed by atoms with Crippen molar-refractivity contribution < 1.29 is 0 Å². The highest BCUT2D eigenvalue weighted by molar-refractivity contribution is 6.43. The number of hydrogen-bond acceptors (Lipinski definition) is 2. The van der Waals surface area contributed by atoms with E-state index in [1.165, 1.54) is 0 Å². The molecule has 4 heteroatoms. The lowest BCUT2D eigenvalue weighted by molar-refractivity contribution is 0.609. The minimum Gasteiger partial charge on any atom is -0.368 e. The van der Waals surface area contributed by atoms with Crippen molar-refractivity contribution in [3.05, 3.63) is 28.2 Å². The van der Waals surface area contributed by atoms with E-state index >= 15 is 0 Å². The van der Waals surface area contributed by atoms with Gasteiger partial charge in [0.25, 0.3) is 0 Å². The Labute approximate surface area is 99.8 Å². The minimum atomic E-state index is -0.263. The van der Waals surface area contributed by atoms with Crippen LogP contribution in [0.1, 0.15) is 13.8 Å². The first-order chi connectivity index (χ1) is 7.06. The maximum Gasteiger partial charge on any atom is 0.116 e. The number of rotatable bonds is 3. The topological polar surface area (TPSA) is 35.8 Å². The third kappa shape index (κ3) is 3.02. The van der Waals surface area contributed by atoms with Gasteiger partial charge in [0, 0.05) is 0 Å². The van der Waals surface area contributed by atoms with Crippen LogP contribution in [0.3, 0.4) is 0 Å². The smallest absolute Gasteiger partial charge is 0.116 e. The van der Waals surface area contributed by atoms with Gasteiger partial charge in [-0.1, -0.05) is 43.1 Å². The summed E-state index contributed by atoms with van der Waals surface area (Å²) in [6.45, 7) is 3.94. The lowest BCUT2D eigenvalue weighted by Gasteiger charge is -2.17. The average Bonchev–Trinajstić information content (AvgIpc) is 2.19. The highest BCUT2D eigenvalue weighted by atomic mass is 35.5. The van der Waals surface area contributed by atoms with Gasteiger partial charge in [0.05, 0.1) is 21.8 Å². The second kappa shape index (κ2) is 5.25. The van der Waals surface area contributed by atoms with E-state index in [1.807, 2.05) is 13.8 Å². The number of hydrogen-bond donors (Lipinski definition) is 1. The Morgan fingerprint density at radius 3 is 2.53 bits per heavy atom. The Balaban J connectivity index is 2.90. The van der Waals surface area contributed by atoms with Gasteiger partial charge in [-0.05, 0) is 18.1 Å². The number of nitrogens with zero attached hydrogens (tertiary/aromatic N) is 1. The Bertz CT molecular complexity index is 383. The summed E-state index contributed by atoms with van der Waals surface area (Å²) >= 11 is 11.9. The molecule has 1 atom stereocenters. The zero-order valence-corrected chi connectivity index (χ0v) is 10.1. The maximum atomic E-state index is 8.93. The molecule has 2 nitrogen and oxygen atoms in total. The average molecular weight is 243 g/mol. The molecule has 0 saturated carbocycles. The van der Waals surface area contributed by atoms with E-state index < -0.39 is 0 Å². The van der Waals surface area contributed by atoms with Crippen molar-refractivity contribution in [1.82, 2.24) is 0 Å². The molecule has 1 aromatic carbocycles. The molecule has 15 heavy (non-hydrogen) atoms. The van der Waals surface area contributed by atoms with Crippen LogP contribution in [0.5, 0.6) is 0 Å². The largest absolute Gasteiger partial charge is 0.368 e. The van der Waals surface area contributed by atoms with Crippen LogP contribution in [-0.2, 0) is 0 Å². The first kappa shape index (κ1) is 12.2. The molecular weight excluding hydrogens is 231 g/mol. The zero-order valence-electron chi connectivity index (χ0n) is 8.59. The predicted molar refractivity (Wildman–Crippen MR) is 64.3 cm³/mol. The van der Waals surface area contributed by atoms with Crippen LogP contribution in [0.2, 0.25) is 10.0 Å². The third-order valence-electron chi connectivity index (χ3n) is 2.07. The van der Waals surface area contributed by atoms with E-state index in [0.29, 0.717) is 15.7 Å². The van der Waals surface area contributed by atoms with Crippen molar-refractivity contribution >= 4 is 28.9 Å². The van der Waals surface area contributed by atoms with Crippen LogP contribution in [0, 0.1) is 17.2 Å². The van der Waals surface area contributed by atoms with Gasteiger partial charge in [-0.3, -0.25) is 0 Å². The molecule has 0 aromatic heterocycles. The molecule has 1 aromatic rings. The monoisotopic (exact) mass is 242 g/mol. The van der Waals surface area contributed by atoms with E-state index in [-0.39, 0.29) is 12.0 Å². The summed E-state index contributed by atoms with van der Waals surface area (Å²) in [7, 11) is 0. The summed E-state index contributed by atoms with van der Waals surface area (Å²) in [5.41, 5.74) is 0.699. The predicted octanol–water partition coefficient (Wildman–Crippen LogP) is 3.95. The summed E-state index contributed by atoms with van der Waals surface area (Å²) in [6.07, 6.45) is 0. The third-order valence-corrected chi connectivity index (χ3v) is 2.89. The molecule has 0 aliphatic carbocycles. The molecule has 0 amide bonds. The molecule has 0 spiro atoms. The van der Waals surface area contributed by atoms with Crippen LogP contribution < -0.4 is 5.32 Å². The summed E-state index contributed by atoms with van der Waals surface area (Å²) in [5.74, 6) is 0.213. The second-order valence-electron chi connectivity index (χ2n) is 3.60. The van der Waals surface area contributed by atoms with E-state index in [9.17, 15) is 0 Å². The number of benzene rings is 1. The van der Waals surface area contributed by atoms with Crippen molar-refractivity contribution in [2.24, 2.45) is 5.92 Å². The van der Waals surface area contributed by atoms with Crippen LogP contribution in [0.25, 0.3) is 0 Å². The van der Waals surface area contributed by atoms with Crippen LogP contribution in [0.4, 0.5) is 5.69 Å². The van der Waals surface area contributed by atoms with Gasteiger partial charge in [0.15, 0.2) is 0 Å². The maximum absolute atomic E-state index is 8.93. The van der Waals surface area contributed by atoms with Crippen molar-refractivity contribution in [1.29, 1.82) is 5.26 Å². The van der Waals surface area contributed by atoms with Gasteiger partial charge in [-0.15, -0.1) is 0 Å². The molecule has 0 radical (unpaired) electrons. The van der Waals surface area contributed by atoms with Crippen molar-refractivity contribution in [3.63, 3.8) is 0 Å². The standard InChI is InChI=1S/C11H12Cl2N2/c1-7(2)10(6-14)15-9-5-3-4-8(12)11(9)13/h3-5,7,10,15H,1-2H3. The summed E-state index contributed by atoms with van der Waals surface area (Å²) < 4.78 is 0. The summed E-state index contributed by atoms with van der Waals surface area (Å²) in [4.78, 5) is 0. The Morgan fingerprint density at radius 1 is 1.33 bits per heavy atom. The summed E-state index contributed by atoms with van der Waals surface area (Å²) in [5, 5.41) is 12.9. The first-order valence-corrected chi connectivity index (χ1v) is 5.42.